The Labute approximate surface area is 110 Å². The van der Waals surface area contributed by atoms with E-state index in [9.17, 15) is 4.79 Å². The topological polar surface area (TPSA) is 38.8 Å². The van der Waals surface area contributed by atoms with E-state index in [-0.39, 0.29) is 5.91 Å². The van der Waals surface area contributed by atoms with E-state index < -0.39 is 0 Å². The second kappa shape index (κ2) is 6.50. The van der Waals surface area contributed by atoms with Gasteiger partial charge in [-0.2, -0.15) is 0 Å². The van der Waals surface area contributed by atoms with E-state index in [0.29, 0.717) is 12.6 Å². The van der Waals surface area contributed by atoms with Crippen molar-refractivity contribution in [2.45, 2.75) is 18.9 Å². The molecule has 1 aliphatic heterocycles. The van der Waals surface area contributed by atoms with Gasteiger partial charge in [0.1, 0.15) is 0 Å². The molecule has 2 rings (SSSR count). The number of piperazine rings is 1. The lowest BCUT2D eigenvalue weighted by Gasteiger charge is -2.35. The third-order valence-electron chi connectivity index (χ3n) is 3.71. The van der Waals surface area contributed by atoms with Gasteiger partial charge in [-0.25, -0.2) is 0 Å². The second-order valence-electron chi connectivity index (χ2n) is 5.68. The number of nitrogens with zero attached hydrogens (tertiary/aromatic N) is 3. The lowest BCUT2D eigenvalue weighted by Crippen LogP contribution is -2.51. The molecule has 2 fully saturated rings. The summed E-state index contributed by atoms with van der Waals surface area (Å²) in [5, 5.41) is 3.29. The fourth-order valence-electron chi connectivity index (χ4n) is 2.19. The Hall–Kier alpha value is -0.650. The van der Waals surface area contributed by atoms with Crippen LogP contribution in [0.15, 0.2) is 0 Å². The number of hydrogen-bond donors (Lipinski definition) is 1. The van der Waals surface area contributed by atoms with Crippen molar-refractivity contribution >= 4 is 5.91 Å². The number of amides is 1. The Morgan fingerprint density at radius 2 is 1.89 bits per heavy atom. The molecule has 0 atom stereocenters. The van der Waals surface area contributed by atoms with Crippen LogP contribution in [0.3, 0.4) is 0 Å². The van der Waals surface area contributed by atoms with Crippen molar-refractivity contribution in [2.75, 3.05) is 59.9 Å². The summed E-state index contributed by atoms with van der Waals surface area (Å²) < 4.78 is 0. The van der Waals surface area contributed by atoms with Crippen LogP contribution in [0, 0.1) is 0 Å². The molecule has 0 bridgehead atoms. The first-order valence-corrected chi connectivity index (χ1v) is 7.03. The first-order valence-electron chi connectivity index (χ1n) is 7.03. The van der Waals surface area contributed by atoms with Crippen molar-refractivity contribution in [1.29, 1.82) is 0 Å². The highest BCUT2D eigenvalue weighted by Crippen LogP contribution is 2.18. The maximum atomic E-state index is 11.9. The number of hydrogen-bond acceptors (Lipinski definition) is 4. The van der Waals surface area contributed by atoms with E-state index in [2.05, 4.69) is 29.2 Å². The molecule has 0 aromatic heterocycles. The summed E-state index contributed by atoms with van der Waals surface area (Å²) in [5.74, 6) is 0.272. The lowest BCUT2D eigenvalue weighted by molar-refractivity contribution is -0.132. The van der Waals surface area contributed by atoms with Crippen LogP contribution in [0.1, 0.15) is 12.8 Å². The predicted molar refractivity (Wildman–Crippen MR) is 72.6 cm³/mol. The van der Waals surface area contributed by atoms with E-state index in [0.717, 1.165) is 39.3 Å². The molecule has 1 aliphatic carbocycles. The molecule has 0 aromatic rings. The maximum Gasteiger partial charge on any atom is 0.236 e. The highest BCUT2D eigenvalue weighted by Gasteiger charge is 2.24. The smallest absolute Gasteiger partial charge is 0.236 e. The molecule has 0 radical (unpaired) electrons. The van der Waals surface area contributed by atoms with E-state index >= 15 is 0 Å². The summed E-state index contributed by atoms with van der Waals surface area (Å²) in [4.78, 5) is 18.6. The summed E-state index contributed by atoms with van der Waals surface area (Å²) >= 11 is 0. The SMILES string of the molecule is CN(C)CCN1CCN(C(=O)CNC2CC2)CC1. The van der Waals surface area contributed by atoms with Crippen LogP contribution in [0.25, 0.3) is 0 Å². The van der Waals surface area contributed by atoms with E-state index in [1.807, 2.05) is 4.90 Å². The molecular weight excluding hydrogens is 228 g/mol. The Morgan fingerprint density at radius 3 is 2.44 bits per heavy atom. The Balaban J connectivity index is 1.60. The molecule has 0 aromatic carbocycles. The van der Waals surface area contributed by atoms with Gasteiger partial charge in [0, 0.05) is 45.3 Å². The van der Waals surface area contributed by atoms with Crippen molar-refractivity contribution in [3.63, 3.8) is 0 Å². The normalized spacial score (nSPS) is 21.6. The van der Waals surface area contributed by atoms with Crippen molar-refractivity contribution in [3.8, 4) is 0 Å². The first-order chi connectivity index (χ1) is 8.65. The average Bonchev–Trinajstić information content (AvgIpc) is 3.18. The number of likely N-dealkylation sites (N-methyl/N-ethyl adjacent to an activating group) is 1. The molecule has 18 heavy (non-hydrogen) atoms. The van der Waals surface area contributed by atoms with Crippen LogP contribution in [0.5, 0.6) is 0 Å². The minimum atomic E-state index is 0.272. The number of nitrogens with one attached hydrogen (secondary N) is 1. The summed E-state index contributed by atoms with van der Waals surface area (Å²) in [5.41, 5.74) is 0. The number of carbonyl (C=O) groups excluding carboxylic acids is 1. The van der Waals surface area contributed by atoms with Gasteiger partial charge in [0.05, 0.1) is 6.54 Å². The van der Waals surface area contributed by atoms with E-state index in [4.69, 9.17) is 0 Å². The molecule has 2 aliphatic rings. The molecule has 1 amide bonds. The minimum absolute atomic E-state index is 0.272. The molecule has 1 N–H and O–H groups in total. The lowest BCUT2D eigenvalue weighted by atomic mass is 10.3. The van der Waals surface area contributed by atoms with Gasteiger partial charge in [-0.3, -0.25) is 9.69 Å². The monoisotopic (exact) mass is 254 g/mol. The molecule has 1 heterocycles. The summed E-state index contributed by atoms with van der Waals surface area (Å²) in [6.45, 7) is 6.54. The first kappa shape index (κ1) is 13.8. The Morgan fingerprint density at radius 1 is 1.22 bits per heavy atom. The number of carbonyl (C=O) groups is 1. The largest absolute Gasteiger partial charge is 0.339 e. The average molecular weight is 254 g/mol. The van der Waals surface area contributed by atoms with Gasteiger partial charge in [-0.15, -0.1) is 0 Å². The van der Waals surface area contributed by atoms with Crippen LogP contribution in [-0.2, 0) is 4.79 Å². The van der Waals surface area contributed by atoms with Crippen molar-refractivity contribution in [3.05, 3.63) is 0 Å². The molecule has 1 saturated heterocycles. The van der Waals surface area contributed by atoms with Gasteiger partial charge in [-0.05, 0) is 26.9 Å². The summed E-state index contributed by atoms with van der Waals surface area (Å²) in [6, 6.07) is 0.621. The molecule has 1 saturated carbocycles. The second-order valence-corrected chi connectivity index (χ2v) is 5.68. The van der Waals surface area contributed by atoms with Gasteiger partial charge < -0.3 is 15.1 Å². The fraction of sp³-hybridized carbons (Fsp3) is 0.923. The van der Waals surface area contributed by atoms with Gasteiger partial charge in [0.2, 0.25) is 5.91 Å². The summed E-state index contributed by atoms with van der Waals surface area (Å²) in [6.07, 6.45) is 2.48. The molecule has 0 unspecified atom stereocenters. The molecular formula is C13H26N4O. The standard InChI is InChI=1S/C13H26N4O/c1-15(2)5-6-16-7-9-17(10-8-16)13(18)11-14-12-3-4-12/h12,14H,3-11H2,1-2H3. The van der Waals surface area contributed by atoms with Crippen molar-refractivity contribution < 1.29 is 4.79 Å². The molecule has 5 heteroatoms. The van der Waals surface area contributed by atoms with Gasteiger partial charge in [0.15, 0.2) is 0 Å². The fourth-order valence-corrected chi connectivity index (χ4v) is 2.19. The molecule has 5 nitrogen and oxygen atoms in total. The van der Waals surface area contributed by atoms with Crippen LogP contribution >= 0.6 is 0 Å². The van der Waals surface area contributed by atoms with Crippen molar-refractivity contribution in [2.24, 2.45) is 0 Å². The predicted octanol–water partition coefficient (Wildman–Crippen LogP) is -0.556. The highest BCUT2D eigenvalue weighted by molar-refractivity contribution is 5.78. The number of rotatable bonds is 6. The van der Waals surface area contributed by atoms with Gasteiger partial charge >= 0.3 is 0 Å². The zero-order valence-corrected chi connectivity index (χ0v) is 11.7. The van der Waals surface area contributed by atoms with Crippen LogP contribution in [0.4, 0.5) is 0 Å². The quantitative estimate of drug-likeness (QED) is 0.690. The highest BCUT2D eigenvalue weighted by atomic mass is 16.2. The third kappa shape index (κ3) is 4.55. The minimum Gasteiger partial charge on any atom is -0.339 e. The third-order valence-corrected chi connectivity index (χ3v) is 3.71. The maximum absolute atomic E-state index is 11.9. The van der Waals surface area contributed by atoms with Gasteiger partial charge in [0.25, 0.3) is 0 Å². The van der Waals surface area contributed by atoms with Crippen molar-refractivity contribution in [1.82, 2.24) is 20.0 Å². The summed E-state index contributed by atoms with van der Waals surface area (Å²) in [7, 11) is 4.20. The van der Waals surface area contributed by atoms with Crippen LogP contribution in [-0.4, -0.2) is 86.6 Å². The van der Waals surface area contributed by atoms with Crippen LogP contribution in [0.2, 0.25) is 0 Å². The molecule has 0 spiro atoms. The zero-order valence-electron chi connectivity index (χ0n) is 11.7. The van der Waals surface area contributed by atoms with E-state index in [1.165, 1.54) is 12.8 Å². The molecule has 104 valence electrons. The van der Waals surface area contributed by atoms with E-state index in [1.54, 1.807) is 0 Å². The van der Waals surface area contributed by atoms with Gasteiger partial charge in [-0.1, -0.05) is 0 Å². The Bertz CT molecular complexity index is 270. The zero-order chi connectivity index (χ0) is 13.0. The van der Waals surface area contributed by atoms with Crippen LogP contribution < -0.4 is 5.32 Å². The Kier molecular flexibility index (Phi) is 4.97.